The molecule has 1 unspecified atom stereocenters. The summed E-state index contributed by atoms with van der Waals surface area (Å²) in [7, 11) is 0. The molecule has 0 aliphatic carbocycles. The van der Waals surface area contributed by atoms with Crippen LogP contribution in [-0.2, 0) is 0 Å². The van der Waals surface area contributed by atoms with E-state index in [9.17, 15) is 0 Å². The van der Waals surface area contributed by atoms with Crippen LogP contribution in [0.1, 0.15) is 11.8 Å². The SMILES string of the molecule is NC(=S)C(c1ccco1)N1CCNCC1. The molecule has 2 rings (SSSR count). The van der Waals surface area contributed by atoms with Crippen LogP contribution in [0.3, 0.4) is 0 Å². The molecule has 1 saturated heterocycles. The van der Waals surface area contributed by atoms with E-state index in [2.05, 4.69) is 10.2 Å². The number of hydrogen-bond donors (Lipinski definition) is 2. The van der Waals surface area contributed by atoms with Crippen LogP contribution in [0, 0.1) is 0 Å². The summed E-state index contributed by atoms with van der Waals surface area (Å²) in [6.07, 6.45) is 1.66. The van der Waals surface area contributed by atoms with E-state index in [1.54, 1.807) is 6.26 Å². The van der Waals surface area contributed by atoms with Gasteiger partial charge in [-0.25, -0.2) is 0 Å². The van der Waals surface area contributed by atoms with Crippen LogP contribution in [0.25, 0.3) is 0 Å². The smallest absolute Gasteiger partial charge is 0.127 e. The second-order valence-electron chi connectivity index (χ2n) is 3.61. The monoisotopic (exact) mass is 225 g/mol. The van der Waals surface area contributed by atoms with Crippen molar-refractivity contribution in [2.24, 2.45) is 5.73 Å². The highest BCUT2D eigenvalue weighted by Crippen LogP contribution is 2.21. The summed E-state index contributed by atoms with van der Waals surface area (Å²) in [4.78, 5) is 2.73. The van der Waals surface area contributed by atoms with Crippen molar-refractivity contribution in [2.45, 2.75) is 6.04 Å². The van der Waals surface area contributed by atoms with Gasteiger partial charge in [0, 0.05) is 26.2 Å². The lowest BCUT2D eigenvalue weighted by molar-refractivity contribution is 0.197. The number of hydrogen-bond acceptors (Lipinski definition) is 4. The Hall–Kier alpha value is -0.910. The van der Waals surface area contributed by atoms with Gasteiger partial charge in [0.1, 0.15) is 11.8 Å². The Kier molecular flexibility index (Phi) is 3.35. The first kappa shape index (κ1) is 10.6. The highest BCUT2D eigenvalue weighted by atomic mass is 32.1. The molecule has 0 spiro atoms. The third-order valence-corrected chi connectivity index (χ3v) is 2.82. The summed E-state index contributed by atoms with van der Waals surface area (Å²) in [5, 5.41) is 3.30. The Morgan fingerprint density at radius 2 is 2.27 bits per heavy atom. The van der Waals surface area contributed by atoms with E-state index in [1.807, 2.05) is 12.1 Å². The quantitative estimate of drug-likeness (QED) is 0.734. The van der Waals surface area contributed by atoms with Gasteiger partial charge >= 0.3 is 0 Å². The molecule has 0 bridgehead atoms. The van der Waals surface area contributed by atoms with Crippen molar-refractivity contribution >= 4 is 17.2 Å². The molecule has 1 aromatic rings. The van der Waals surface area contributed by atoms with Gasteiger partial charge in [0.05, 0.1) is 11.3 Å². The van der Waals surface area contributed by atoms with Gasteiger partial charge in [0.25, 0.3) is 0 Å². The van der Waals surface area contributed by atoms with Crippen molar-refractivity contribution in [2.75, 3.05) is 26.2 Å². The van der Waals surface area contributed by atoms with Gasteiger partial charge in [-0.05, 0) is 12.1 Å². The molecule has 15 heavy (non-hydrogen) atoms. The van der Waals surface area contributed by atoms with Gasteiger partial charge in [-0.3, -0.25) is 4.90 Å². The molecule has 0 aromatic carbocycles. The maximum Gasteiger partial charge on any atom is 0.127 e. The minimum atomic E-state index is -0.0582. The van der Waals surface area contributed by atoms with Gasteiger partial charge in [-0.1, -0.05) is 12.2 Å². The maximum absolute atomic E-state index is 5.77. The zero-order valence-corrected chi connectivity index (χ0v) is 9.30. The number of nitrogens with one attached hydrogen (secondary N) is 1. The number of nitrogens with two attached hydrogens (primary N) is 1. The Morgan fingerprint density at radius 3 is 2.80 bits per heavy atom. The Labute approximate surface area is 94.4 Å². The van der Waals surface area contributed by atoms with Crippen molar-refractivity contribution in [3.63, 3.8) is 0 Å². The third kappa shape index (κ3) is 2.37. The fourth-order valence-corrected chi connectivity index (χ4v) is 2.15. The number of thiocarbonyl (C=S) groups is 1. The van der Waals surface area contributed by atoms with Gasteiger partial charge in [0.2, 0.25) is 0 Å². The lowest BCUT2D eigenvalue weighted by Gasteiger charge is -2.32. The molecule has 1 aromatic heterocycles. The second-order valence-corrected chi connectivity index (χ2v) is 4.08. The van der Waals surface area contributed by atoms with Gasteiger partial charge in [0.15, 0.2) is 0 Å². The first-order valence-electron chi connectivity index (χ1n) is 5.06. The van der Waals surface area contributed by atoms with Crippen molar-refractivity contribution in [3.05, 3.63) is 24.2 Å². The standard InChI is InChI=1S/C10H15N3OS/c11-10(15)9(8-2-1-7-14-8)13-5-3-12-4-6-13/h1-2,7,9,12H,3-6H2,(H2,11,15). The fraction of sp³-hybridized carbons (Fsp3) is 0.500. The predicted octanol–water partition coefficient (Wildman–Crippen LogP) is 0.512. The normalized spacial score (nSPS) is 20.0. The molecule has 3 N–H and O–H groups in total. The molecule has 0 saturated carbocycles. The minimum Gasteiger partial charge on any atom is -0.467 e. The largest absolute Gasteiger partial charge is 0.467 e. The molecule has 0 amide bonds. The topological polar surface area (TPSA) is 54.4 Å². The zero-order chi connectivity index (χ0) is 10.7. The van der Waals surface area contributed by atoms with Crippen LogP contribution in [-0.4, -0.2) is 36.1 Å². The molecule has 1 fully saturated rings. The van der Waals surface area contributed by atoms with E-state index in [-0.39, 0.29) is 6.04 Å². The summed E-state index contributed by atoms with van der Waals surface area (Å²) < 4.78 is 5.38. The number of piperazine rings is 1. The summed E-state index contributed by atoms with van der Waals surface area (Å²) in [6.45, 7) is 3.84. The summed E-state index contributed by atoms with van der Waals surface area (Å²) in [5.41, 5.74) is 5.77. The zero-order valence-electron chi connectivity index (χ0n) is 8.48. The predicted molar refractivity (Wildman–Crippen MR) is 62.7 cm³/mol. The van der Waals surface area contributed by atoms with Crippen LogP contribution < -0.4 is 11.1 Å². The molecule has 4 nitrogen and oxygen atoms in total. The lowest BCUT2D eigenvalue weighted by Crippen LogP contribution is -2.48. The molecule has 5 heteroatoms. The molecule has 82 valence electrons. The van der Waals surface area contributed by atoms with Gasteiger partial charge < -0.3 is 15.5 Å². The fourth-order valence-electron chi connectivity index (χ4n) is 1.89. The minimum absolute atomic E-state index is 0.0582. The van der Waals surface area contributed by atoms with Crippen LogP contribution in [0.4, 0.5) is 0 Å². The number of rotatable bonds is 3. The highest BCUT2D eigenvalue weighted by Gasteiger charge is 2.26. The molecule has 1 aliphatic rings. The first-order valence-corrected chi connectivity index (χ1v) is 5.47. The van der Waals surface area contributed by atoms with E-state index < -0.39 is 0 Å². The summed E-state index contributed by atoms with van der Waals surface area (Å²) >= 11 is 5.10. The van der Waals surface area contributed by atoms with E-state index in [1.165, 1.54) is 0 Å². The third-order valence-electron chi connectivity index (χ3n) is 2.60. The van der Waals surface area contributed by atoms with Crippen molar-refractivity contribution in [1.82, 2.24) is 10.2 Å². The van der Waals surface area contributed by atoms with Gasteiger partial charge in [-0.15, -0.1) is 0 Å². The molecule has 1 atom stereocenters. The molecule has 1 aliphatic heterocycles. The average Bonchev–Trinajstić information content (AvgIpc) is 2.72. The Balaban J connectivity index is 2.15. The van der Waals surface area contributed by atoms with Crippen LogP contribution in [0.2, 0.25) is 0 Å². The van der Waals surface area contributed by atoms with E-state index in [0.29, 0.717) is 4.99 Å². The second kappa shape index (κ2) is 4.74. The summed E-state index contributed by atoms with van der Waals surface area (Å²) in [6, 6.07) is 3.73. The first-order chi connectivity index (χ1) is 7.29. The van der Waals surface area contributed by atoms with Gasteiger partial charge in [-0.2, -0.15) is 0 Å². The number of furan rings is 1. The van der Waals surface area contributed by atoms with E-state index in [0.717, 1.165) is 31.9 Å². The number of nitrogens with zero attached hydrogens (tertiary/aromatic N) is 1. The molecule has 2 heterocycles. The Morgan fingerprint density at radius 1 is 1.53 bits per heavy atom. The molecule has 0 radical (unpaired) electrons. The summed E-state index contributed by atoms with van der Waals surface area (Å²) in [5.74, 6) is 0.837. The van der Waals surface area contributed by atoms with Crippen LogP contribution >= 0.6 is 12.2 Å². The van der Waals surface area contributed by atoms with Crippen molar-refractivity contribution in [1.29, 1.82) is 0 Å². The highest BCUT2D eigenvalue weighted by molar-refractivity contribution is 7.80. The van der Waals surface area contributed by atoms with E-state index >= 15 is 0 Å². The van der Waals surface area contributed by atoms with Crippen molar-refractivity contribution < 1.29 is 4.42 Å². The average molecular weight is 225 g/mol. The van der Waals surface area contributed by atoms with Crippen LogP contribution in [0.5, 0.6) is 0 Å². The molecular weight excluding hydrogens is 210 g/mol. The molecular formula is C10H15N3OS. The maximum atomic E-state index is 5.77. The van der Waals surface area contributed by atoms with E-state index in [4.69, 9.17) is 22.4 Å². The Bertz CT molecular complexity index is 319. The van der Waals surface area contributed by atoms with Crippen molar-refractivity contribution in [3.8, 4) is 0 Å². The van der Waals surface area contributed by atoms with Crippen LogP contribution in [0.15, 0.2) is 22.8 Å². The lowest BCUT2D eigenvalue weighted by atomic mass is 10.1.